The van der Waals surface area contributed by atoms with Gasteiger partial charge in [0.1, 0.15) is 10.7 Å². The van der Waals surface area contributed by atoms with Crippen molar-refractivity contribution in [3.63, 3.8) is 0 Å². The van der Waals surface area contributed by atoms with Crippen molar-refractivity contribution in [3.8, 4) is 0 Å². The van der Waals surface area contributed by atoms with Crippen LogP contribution in [-0.2, 0) is 10.0 Å². The summed E-state index contributed by atoms with van der Waals surface area (Å²) in [6.07, 6.45) is 1.24. The van der Waals surface area contributed by atoms with Gasteiger partial charge in [0.15, 0.2) is 0 Å². The van der Waals surface area contributed by atoms with E-state index in [4.69, 9.17) is 5.84 Å². The second-order valence-corrected chi connectivity index (χ2v) is 6.74. The number of anilines is 2. The third kappa shape index (κ3) is 3.47. The number of nitrogens with one attached hydrogen (secondary N) is 2. The molecule has 2 aromatic rings. The highest BCUT2D eigenvalue weighted by Gasteiger charge is 2.15. The monoisotopic (exact) mass is 356 g/mol. The molecule has 0 aliphatic carbocycles. The van der Waals surface area contributed by atoms with Gasteiger partial charge in [0.25, 0.3) is 10.0 Å². The molecule has 0 amide bonds. The Morgan fingerprint density at radius 3 is 2.55 bits per heavy atom. The molecule has 0 aliphatic heterocycles. The van der Waals surface area contributed by atoms with Crippen LogP contribution in [0, 0.1) is 6.92 Å². The van der Waals surface area contributed by atoms with Gasteiger partial charge < -0.3 is 5.43 Å². The standard InChI is InChI=1S/C12H13BrN4O2S/c1-8-4-9(13)6-10(5-8)17-20(18,19)11-2-3-12(16-14)15-7-11/h2-7,17H,14H2,1H3,(H,15,16). The summed E-state index contributed by atoms with van der Waals surface area (Å²) < 4.78 is 27.7. The van der Waals surface area contributed by atoms with Crippen LogP contribution in [0.15, 0.2) is 45.9 Å². The molecular weight excluding hydrogens is 344 g/mol. The molecule has 0 saturated carbocycles. The molecule has 0 spiro atoms. The summed E-state index contributed by atoms with van der Waals surface area (Å²) in [4.78, 5) is 3.94. The number of benzene rings is 1. The number of pyridine rings is 1. The van der Waals surface area contributed by atoms with Gasteiger partial charge in [0.05, 0.1) is 5.69 Å². The lowest BCUT2D eigenvalue weighted by atomic mass is 10.2. The molecule has 106 valence electrons. The van der Waals surface area contributed by atoms with E-state index in [0.717, 1.165) is 10.0 Å². The van der Waals surface area contributed by atoms with E-state index >= 15 is 0 Å². The predicted octanol–water partition coefficient (Wildman–Crippen LogP) is 2.24. The SMILES string of the molecule is Cc1cc(Br)cc(NS(=O)(=O)c2ccc(NN)nc2)c1. The summed E-state index contributed by atoms with van der Waals surface area (Å²) >= 11 is 3.33. The zero-order valence-electron chi connectivity index (χ0n) is 10.6. The number of nitrogens with zero attached hydrogens (tertiary/aromatic N) is 1. The second kappa shape index (κ2) is 5.78. The van der Waals surface area contributed by atoms with Gasteiger partial charge in [0.2, 0.25) is 0 Å². The van der Waals surface area contributed by atoms with Gasteiger partial charge in [-0.3, -0.25) is 4.72 Å². The summed E-state index contributed by atoms with van der Waals surface area (Å²) in [5, 5.41) is 0. The van der Waals surface area contributed by atoms with Gasteiger partial charge in [-0.1, -0.05) is 15.9 Å². The maximum atomic E-state index is 12.2. The van der Waals surface area contributed by atoms with E-state index in [2.05, 4.69) is 31.1 Å². The molecule has 0 atom stereocenters. The Bertz CT molecular complexity index is 696. The Balaban J connectivity index is 2.30. The number of aryl methyl sites for hydroxylation is 1. The van der Waals surface area contributed by atoms with Crippen molar-refractivity contribution >= 4 is 37.5 Å². The van der Waals surface area contributed by atoms with Crippen LogP contribution in [0.25, 0.3) is 0 Å². The molecular formula is C12H13BrN4O2S. The van der Waals surface area contributed by atoms with E-state index in [9.17, 15) is 8.42 Å². The lowest BCUT2D eigenvalue weighted by Crippen LogP contribution is -2.14. The van der Waals surface area contributed by atoms with E-state index < -0.39 is 10.0 Å². The molecule has 0 radical (unpaired) electrons. The average Bonchev–Trinajstić information content (AvgIpc) is 2.37. The highest BCUT2D eigenvalue weighted by atomic mass is 79.9. The number of hydrazine groups is 1. The Labute approximate surface area is 125 Å². The van der Waals surface area contributed by atoms with Gasteiger partial charge in [-0.05, 0) is 42.8 Å². The third-order valence-electron chi connectivity index (χ3n) is 2.49. The first-order chi connectivity index (χ1) is 9.40. The molecule has 2 rings (SSSR count). The number of sulfonamides is 1. The van der Waals surface area contributed by atoms with E-state index in [1.165, 1.54) is 18.3 Å². The van der Waals surface area contributed by atoms with Crippen molar-refractivity contribution in [1.29, 1.82) is 0 Å². The molecule has 1 heterocycles. The van der Waals surface area contributed by atoms with Gasteiger partial charge in [-0.2, -0.15) is 0 Å². The summed E-state index contributed by atoms with van der Waals surface area (Å²) in [7, 11) is -3.67. The van der Waals surface area contributed by atoms with Gasteiger partial charge in [0, 0.05) is 10.7 Å². The van der Waals surface area contributed by atoms with Crippen molar-refractivity contribution in [3.05, 3.63) is 46.6 Å². The lowest BCUT2D eigenvalue weighted by Gasteiger charge is -2.09. The molecule has 8 heteroatoms. The Morgan fingerprint density at radius 2 is 2.00 bits per heavy atom. The molecule has 0 aliphatic rings. The quantitative estimate of drug-likeness (QED) is 0.576. The zero-order valence-corrected chi connectivity index (χ0v) is 13.0. The van der Waals surface area contributed by atoms with Gasteiger partial charge in [-0.25, -0.2) is 19.2 Å². The lowest BCUT2D eigenvalue weighted by molar-refractivity contribution is 0.601. The van der Waals surface area contributed by atoms with E-state index in [1.54, 1.807) is 12.1 Å². The van der Waals surface area contributed by atoms with Crippen LogP contribution in [0.2, 0.25) is 0 Å². The fourth-order valence-corrected chi connectivity index (χ4v) is 3.23. The van der Waals surface area contributed by atoms with Crippen LogP contribution in [0.3, 0.4) is 0 Å². The molecule has 20 heavy (non-hydrogen) atoms. The predicted molar refractivity (Wildman–Crippen MR) is 81.7 cm³/mol. The largest absolute Gasteiger partial charge is 0.308 e. The average molecular weight is 357 g/mol. The highest BCUT2D eigenvalue weighted by Crippen LogP contribution is 2.22. The Kier molecular flexibility index (Phi) is 4.26. The first-order valence-electron chi connectivity index (χ1n) is 5.63. The molecule has 0 unspecified atom stereocenters. The summed E-state index contributed by atoms with van der Waals surface area (Å²) in [5.74, 6) is 5.57. The topological polar surface area (TPSA) is 97.1 Å². The molecule has 0 fully saturated rings. The number of hydrogen-bond donors (Lipinski definition) is 3. The summed E-state index contributed by atoms with van der Waals surface area (Å²) in [5.41, 5.74) is 3.76. The minimum absolute atomic E-state index is 0.0640. The number of nitrogens with two attached hydrogens (primary N) is 1. The number of rotatable bonds is 4. The van der Waals surface area contributed by atoms with E-state index in [-0.39, 0.29) is 4.90 Å². The first kappa shape index (κ1) is 14.8. The van der Waals surface area contributed by atoms with Crippen molar-refractivity contribution in [1.82, 2.24) is 4.98 Å². The molecule has 0 bridgehead atoms. The van der Waals surface area contributed by atoms with E-state index in [0.29, 0.717) is 11.5 Å². The van der Waals surface area contributed by atoms with Crippen LogP contribution in [0.5, 0.6) is 0 Å². The van der Waals surface area contributed by atoms with E-state index in [1.807, 2.05) is 13.0 Å². The second-order valence-electron chi connectivity index (χ2n) is 4.15. The molecule has 1 aromatic carbocycles. The zero-order chi connectivity index (χ0) is 14.8. The fraction of sp³-hybridized carbons (Fsp3) is 0.0833. The van der Waals surface area contributed by atoms with Crippen molar-refractivity contribution in [2.45, 2.75) is 11.8 Å². The maximum Gasteiger partial charge on any atom is 0.263 e. The number of halogens is 1. The summed E-state index contributed by atoms with van der Waals surface area (Å²) in [6.45, 7) is 1.88. The summed E-state index contributed by atoms with van der Waals surface area (Å²) in [6, 6.07) is 8.23. The molecule has 0 saturated heterocycles. The normalized spacial score (nSPS) is 11.2. The Hall–Kier alpha value is -1.64. The minimum Gasteiger partial charge on any atom is -0.308 e. The van der Waals surface area contributed by atoms with Gasteiger partial charge >= 0.3 is 0 Å². The van der Waals surface area contributed by atoms with Crippen molar-refractivity contribution in [2.24, 2.45) is 5.84 Å². The fourth-order valence-electron chi connectivity index (χ4n) is 1.63. The molecule has 1 aromatic heterocycles. The van der Waals surface area contributed by atoms with Crippen molar-refractivity contribution < 1.29 is 8.42 Å². The van der Waals surface area contributed by atoms with Crippen LogP contribution >= 0.6 is 15.9 Å². The third-order valence-corrected chi connectivity index (χ3v) is 4.31. The molecule has 4 N–H and O–H groups in total. The van der Waals surface area contributed by atoms with Crippen LogP contribution < -0.4 is 16.0 Å². The molecule has 6 nitrogen and oxygen atoms in total. The highest BCUT2D eigenvalue weighted by molar-refractivity contribution is 9.10. The number of hydrogen-bond acceptors (Lipinski definition) is 5. The smallest absolute Gasteiger partial charge is 0.263 e. The minimum atomic E-state index is -3.67. The first-order valence-corrected chi connectivity index (χ1v) is 7.91. The van der Waals surface area contributed by atoms with Crippen LogP contribution in [0.4, 0.5) is 11.5 Å². The van der Waals surface area contributed by atoms with Crippen molar-refractivity contribution in [2.75, 3.05) is 10.1 Å². The van der Waals surface area contributed by atoms with Crippen LogP contribution in [0.1, 0.15) is 5.56 Å². The van der Waals surface area contributed by atoms with Gasteiger partial charge in [-0.15, -0.1) is 0 Å². The maximum absolute atomic E-state index is 12.2. The number of nitrogen functional groups attached to an aromatic ring is 1. The Morgan fingerprint density at radius 1 is 1.25 bits per heavy atom. The number of aromatic nitrogens is 1. The van der Waals surface area contributed by atoms with Crippen LogP contribution in [-0.4, -0.2) is 13.4 Å².